The molecule has 5 nitrogen and oxygen atoms in total. The topological polar surface area (TPSA) is 58.6 Å². The van der Waals surface area contributed by atoms with Crippen LogP contribution in [0.1, 0.15) is 40.5 Å². The number of nitrogens with zero attached hydrogens (tertiary/aromatic N) is 1. The molecule has 3 rings (SSSR count). The molecule has 0 saturated carbocycles. The van der Waals surface area contributed by atoms with Crippen LogP contribution < -0.4 is 10.2 Å². The van der Waals surface area contributed by atoms with E-state index in [1.165, 1.54) is 0 Å². The Morgan fingerprint density at radius 3 is 2.09 bits per heavy atom. The number of carbonyl (C=O) groups excluding carboxylic acids is 2. The molecule has 0 bridgehead atoms. The second kappa shape index (κ2) is 4.95. The first-order chi connectivity index (χ1) is 10.5. The average molecular weight is 337 g/mol. The van der Waals surface area contributed by atoms with Crippen LogP contribution in [-0.2, 0) is 9.53 Å². The minimum absolute atomic E-state index is 0.299. The summed E-state index contributed by atoms with van der Waals surface area (Å²) in [4.78, 5) is 26.6. The van der Waals surface area contributed by atoms with Crippen molar-refractivity contribution in [2.75, 3.05) is 4.90 Å². The van der Waals surface area contributed by atoms with Crippen molar-refractivity contribution in [2.45, 2.75) is 57.2 Å². The molecule has 1 aromatic carbocycles. The van der Waals surface area contributed by atoms with Gasteiger partial charge in [0, 0.05) is 28.9 Å². The zero-order valence-electron chi connectivity index (χ0n) is 13.8. The van der Waals surface area contributed by atoms with E-state index in [4.69, 9.17) is 16.3 Å². The fourth-order valence-corrected chi connectivity index (χ4v) is 4.20. The number of hydrogen-bond donors (Lipinski definition) is 1. The Bertz CT molecular complexity index is 651. The molecule has 1 aromatic rings. The standard InChI is InChI=1S/C17H21ClN2O3/c1-15(2)9-17(10-16(3,4)19-15)13(21)20(14(22)23-17)12-7-5-11(18)6-8-12/h5-8,19H,9-10H2,1-4H3. The molecular formula is C17H21ClN2O3. The summed E-state index contributed by atoms with van der Waals surface area (Å²) in [6, 6.07) is 6.60. The van der Waals surface area contributed by atoms with Gasteiger partial charge in [-0.05, 0) is 52.0 Å². The summed E-state index contributed by atoms with van der Waals surface area (Å²) in [6.07, 6.45) is 0.265. The summed E-state index contributed by atoms with van der Waals surface area (Å²) in [6.45, 7) is 8.06. The zero-order valence-corrected chi connectivity index (χ0v) is 14.5. The molecule has 0 radical (unpaired) electrons. The van der Waals surface area contributed by atoms with Crippen molar-refractivity contribution in [3.63, 3.8) is 0 Å². The number of amides is 2. The zero-order chi connectivity index (χ0) is 17.0. The number of benzene rings is 1. The molecule has 2 heterocycles. The van der Waals surface area contributed by atoms with E-state index >= 15 is 0 Å². The molecule has 6 heteroatoms. The van der Waals surface area contributed by atoms with Gasteiger partial charge in [0.2, 0.25) is 0 Å². The van der Waals surface area contributed by atoms with Crippen LogP contribution in [0.15, 0.2) is 24.3 Å². The summed E-state index contributed by atoms with van der Waals surface area (Å²) in [5, 5.41) is 4.05. The molecule has 0 aromatic heterocycles. The second-order valence-electron chi connectivity index (χ2n) is 7.73. The van der Waals surface area contributed by atoms with Gasteiger partial charge in [-0.3, -0.25) is 4.79 Å². The van der Waals surface area contributed by atoms with Crippen LogP contribution in [0.2, 0.25) is 5.02 Å². The Morgan fingerprint density at radius 1 is 1.04 bits per heavy atom. The Morgan fingerprint density at radius 2 is 1.57 bits per heavy atom. The van der Waals surface area contributed by atoms with Gasteiger partial charge in [0.15, 0.2) is 5.60 Å². The van der Waals surface area contributed by atoms with Gasteiger partial charge in [-0.1, -0.05) is 11.6 Å². The van der Waals surface area contributed by atoms with Crippen LogP contribution in [0.3, 0.4) is 0 Å². The molecule has 1 spiro atoms. The van der Waals surface area contributed by atoms with Crippen LogP contribution in [0.25, 0.3) is 0 Å². The second-order valence-corrected chi connectivity index (χ2v) is 8.16. The number of imide groups is 1. The first kappa shape index (κ1) is 16.3. The van der Waals surface area contributed by atoms with Gasteiger partial charge >= 0.3 is 6.09 Å². The predicted octanol–water partition coefficient (Wildman–Crippen LogP) is 3.50. The van der Waals surface area contributed by atoms with E-state index in [-0.39, 0.29) is 17.0 Å². The summed E-state index contributed by atoms with van der Waals surface area (Å²) in [7, 11) is 0. The van der Waals surface area contributed by atoms with Gasteiger partial charge in [0.05, 0.1) is 5.69 Å². The van der Waals surface area contributed by atoms with Crippen molar-refractivity contribution in [3.05, 3.63) is 29.3 Å². The van der Waals surface area contributed by atoms with Crippen LogP contribution >= 0.6 is 11.6 Å². The largest absolute Gasteiger partial charge is 0.432 e. The molecule has 0 unspecified atom stereocenters. The third-order valence-electron chi connectivity index (χ3n) is 4.27. The van der Waals surface area contributed by atoms with Gasteiger partial charge in [-0.25, -0.2) is 9.69 Å². The highest BCUT2D eigenvalue weighted by Crippen LogP contribution is 2.44. The Balaban J connectivity index is 1.99. The first-order valence-corrected chi connectivity index (χ1v) is 8.04. The fourth-order valence-electron chi connectivity index (χ4n) is 4.07. The Labute approximate surface area is 140 Å². The first-order valence-electron chi connectivity index (χ1n) is 7.66. The summed E-state index contributed by atoms with van der Waals surface area (Å²) >= 11 is 5.88. The van der Waals surface area contributed by atoms with Crippen molar-refractivity contribution >= 4 is 29.3 Å². The SMILES string of the molecule is CC1(C)CC2(CC(C)(C)N1)OC(=O)N(c1ccc(Cl)cc1)C2=O. The third-order valence-corrected chi connectivity index (χ3v) is 4.53. The molecule has 0 aliphatic carbocycles. The lowest BCUT2D eigenvalue weighted by molar-refractivity contribution is -0.138. The lowest BCUT2D eigenvalue weighted by Crippen LogP contribution is -2.65. The van der Waals surface area contributed by atoms with Crippen molar-refractivity contribution in [2.24, 2.45) is 0 Å². The van der Waals surface area contributed by atoms with Crippen LogP contribution in [0.5, 0.6) is 0 Å². The van der Waals surface area contributed by atoms with Gasteiger partial charge in [0.1, 0.15) is 0 Å². The minimum Gasteiger partial charge on any atom is -0.432 e. The maximum absolute atomic E-state index is 13.1. The van der Waals surface area contributed by atoms with E-state index < -0.39 is 11.7 Å². The van der Waals surface area contributed by atoms with Gasteiger partial charge in [-0.2, -0.15) is 0 Å². The Kier molecular flexibility index (Phi) is 3.50. The van der Waals surface area contributed by atoms with E-state index in [2.05, 4.69) is 5.32 Å². The summed E-state index contributed by atoms with van der Waals surface area (Å²) in [5.41, 5.74) is -1.26. The van der Waals surface area contributed by atoms with Gasteiger partial charge < -0.3 is 10.1 Å². The fraction of sp³-hybridized carbons (Fsp3) is 0.529. The number of ether oxygens (including phenoxy) is 1. The smallest absolute Gasteiger partial charge is 0.422 e. The number of anilines is 1. The molecule has 2 saturated heterocycles. The van der Waals surface area contributed by atoms with Gasteiger partial charge in [0.25, 0.3) is 5.91 Å². The number of piperidine rings is 1. The van der Waals surface area contributed by atoms with E-state index in [0.717, 1.165) is 4.90 Å². The molecule has 124 valence electrons. The third kappa shape index (κ3) is 2.83. The number of rotatable bonds is 1. The lowest BCUT2D eigenvalue weighted by Gasteiger charge is -2.49. The monoisotopic (exact) mass is 336 g/mol. The average Bonchev–Trinajstić information content (AvgIpc) is 2.58. The number of halogens is 1. The van der Waals surface area contributed by atoms with Crippen molar-refractivity contribution < 1.29 is 14.3 Å². The number of carbonyl (C=O) groups is 2. The van der Waals surface area contributed by atoms with Crippen molar-refractivity contribution in [1.82, 2.24) is 5.32 Å². The Hall–Kier alpha value is -1.59. The van der Waals surface area contributed by atoms with Crippen molar-refractivity contribution in [3.8, 4) is 0 Å². The maximum atomic E-state index is 13.1. The normalized spacial score (nSPS) is 24.8. The molecule has 2 amide bonds. The highest BCUT2D eigenvalue weighted by Gasteiger charge is 2.61. The van der Waals surface area contributed by atoms with Crippen LogP contribution in [0.4, 0.5) is 10.5 Å². The lowest BCUT2D eigenvalue weighted by atomic mass is 9.72. The number of hydrogen-bond acceptors (Lipinski definition) is 4. The van der Waals surface area contributed by atoms with Crippen LogP contribution in [-0.4, -0.2) is 28.7 Å². The number of nitrogens with one attached hydrogen (secondary N) is 1. The van der Waals surface area contributed by atoms with Crippen LogP contribution in [0, 0.1) is 0 Å². The van der Waals surface area contributed by atoms with Crippen molar-refractivity contribution in [1.29, 1.82) is 0 Å². The highest BCUT2D eigenvalue weighted by molar-refractivity contribution is 6.30. The van der Waals surface area contributed by atoms with Gasteiger partial charge in [-0.15, -0.1) is 0 Å². The maximum Gasteiger partial charge on any atom is 0.422 e. The highest BCUT2D eigenvalue weighted by atomic mass is 35.5. The predicted molar refractivity (Wildman–Crippen MR) is 88.7 cm³/mol. The molecule has 0 atom stereocenters. The summed E-state index contributed by atoms with van der Waals surface area (Å²) in [5.74, 6) is -0.299. The van der Waals surface area contributed by atoms with E-state index in [9.17, 15) is 9.59 Å². The molecule has 1 N–H and O–H groups in total. The molecule has 23 heavy (non-hydrogen) atoms. The molecular weight excluding hydrogens is 316 g/mol. The molecule has 2 fully saturated rings. The van der Waals surface area contributed by atoms with E-state index in [1.807, 2.05) is 27.7 Å². The van der Waals surface area contributed by atoms with E-state index in [0.29, 0.717) is 23.6 Å². The quantitative estimate of drug-likeness (QED) is 0.852. The van der Waals surface area contributed by atoms with E-state index in [1.54, 1.807) is 24.3 Å². The molecule has 2 aliphatic rings. The minimum atomic E-state index is -1.12. The summed E-state index contributed by atoms with van der Waals surface area (Å²) < 4.78 is 5.64. The molecule has 2 aliphatic heterocycles.